The molecule has 2 nitrogen and oxygen atoms in total. The lowest BCUT2D eigenvalue weighted by molar-refractivity contribution is 0.556. The molecule has 0 saturated heterocycles. The molecule has 222 valence electrons. The van der Waals surface area contributed by atoms with Crippen molar-refractivity contribution in [1.29, 1.82) is 0 Å². The van der Waals surface area contributed by atoms with Crippen LogP contribution in [-0.2, 0) is 12.8 Å². The molecule has 0 amide bonds. The Morgan fingerprint density at radius 1 is 0.450 bits per heavy atom. The second-order valence-corrected chi connectivity index (χ2v) is 13.7. The largest absolute Gasteiger partial charge is 0.288 e. The second-order valence-electron chi connectivity index (χ2n) is 12.0. The molecule has 0 atom stereocenters. The fraction of sp³-hybridized carbons (Fsp3) is 0.667. The van der Waals surface area contributed by atoms with E-state index >= 15 is 0 Å². The van der Waals surface area contributed by atoms with Crippen LogP contribution in [-0.4, -0.2) is 0 Å². The molecule has 0 N–H and O–H groups in total. The van der Waals surface area contributed by atoms with E-state index in [4.69, 9.17) is 0 Å². The van der Waals surface area contributed by atoms with E-state index in [1.165, 1.54) is 116 Å². The van der Waals surface area contributed by atoms with Crippen molar-refractivity contribution in [2.75, 3.05) is 0 Å². The normalized spacial score (nSPS) is 11.9. The maximum absolute atomic E-state index is 13.3. The number of hydrogen-bond acceptors (Lipinski definition) is 2. The lowest BCUT2D eigenvalue weighted by atomic mass is 9.91. The van der Waals surface area contributed by atoms with Crippen molar-refractivity contribution in [2.24, 2.45) is 0 Å². The Balaban J connectivity index is 1.64. The van der Waals surface area contributed by atoms with E-state index in [1.54, 1.807) is 0 Å². The quantitative estimate of drug-likeness (QED) is 0.0993. The Kier molecular flexibility index (Phi) is 15.5. The summed E-state index contributed by atoms with van der Waals surface area (Å²) < 4.78 is 1.27. The van der Waals surface area contributed by atoms with Gasteiger partial charge in [-0.05, 0) is 91.6 Å². The minimum absolute atomic E-state index is 0.0908. The molecule has 0 aromatic heterocycles. The molecule has 0 saturated carbocycles. The number of rotatable bonds is 22. The van der Waals surface area contributed by atoms with Gasteiger partial charge in [-0.2, -0.15) is 0 Å². The molecular weight excluding hydrogens is 624 g/mol. The highest BCUT2D eigenvalue weighted by Gasteiger charge is 2.22. The Hall–Kier alpha value is -1.00. The number of benzene rings is 1. The van der Waals surface area contributed by atoms with E-state index in [2.05, 4.69) is 45.7 Å². The number of aryl methyl sites for hydroxylation is 2. The molecule has 0 radical (unpaired) electrons. The van der Waals surface area contributed by atoms with Gasteiger partial charge in [-0.25, -0.2) is 0 Å². The van der Waals surface area contributed by atoms with Gasteiger partial charge in [0.05, 0.1) is 8.95 Å². The third-order valence-corrected chi connectivity index (χ3v) is 9.96. The summed E-state index contributed by atoms with van der Waals surface area (Å²) in [5.74, 6) is 0. The summed E-state index contributed by atoms with van der Waals surface area (Å²) in [4.78, 5) is 26.6. The zero-order chi connectivity index (χ0) is 28.7. The Labute approximate surface area is 260 Å². The minimum Gasteiger partial charge on any atom is -0.288 e. The van der Waals surface area contributed by atoms with Crippen LogP contribution in [0.25, 0.3) is 21.5 Å². The summed E-state index contributed by atoms with van der Waals surface area (Å²) in [7, 11) is 0. The number of halogens is 2. The van der Waals surface area contributed by atoms with Gasteiger partial charge in [0, 0.05) is 10.8 Å². The first-order chi connectivity index (χ1) is 19.5. The van der Waals surface area contributed by atoms with Crippen molar-refractivity contribution in [3.63, 3.8) is 0 Å². The molecule has 0 bridgehead atoms. The zero-order valence-electron chi connectivity index (χ0n) is 25.3. The van der Waals surface area contributed by atoms with Gasteiger partial charge in [-0.15, -0.1) is 0 Å². The van der Waals surface area contributed by atoms with Crippen LogP contribution < -0.4 is 10.9 Å². The van der Waals surface area contributed by atoms with Crippen molar-refractivity contribution >= 4 is 53.4 Å². The third kappa shape index (κ3) is 9.51. The van der Waals surface area contributed by atoms with Gasteiger partial charge in [-0.1, -0.05) is 129 Å². The van der Waals surface area contributed by atoms with E-state index in [0.717, 1.165) is 58.4 Å². The van der Waals surface area contributed by atoms with Crippen LogP contribution in [0.4, 0.5) is 0 Å². The highest BCUT2D eigenvalue weighted by molar-refractivity contribution is 9.10. The predicted molar refractivity (Wildman–Crippen MR) is 183 cm³/mol. The first kappa shape index (κ1) is 33.5. The van der Waals surface area contributed by atoms with Crippen molar-refractivity contribution in [1.82, 2.24) is 0 Å². The van der Waals surface area contributed by atoms with Crippen LogP contribution in [0.3, 0.4) is 0 Å². The van der Waals surface area contributed by atoms with E-state index < -0.39 is 0 Å². The lowest BCUT2D eigenvalue weighted by Crippen LogP contribution is -2.05. The van der Waals surface area contributed by atoms with Crippen LogP contribution >= 0.6 is 31.9 Å². The van der Waals surface area contributed by atoms with Gasteiger partial charge in [0.25, 0.3) is 0 Å². The Morgan fingerprint density at radius 2 is 0.725 bits per heavy atom. The fourth-order valence-corrected chi connectivity index (χ4v) is 7.31. The first-order valence-electron chi connectivity index (χ1n) is 16.6. The molecule has 0 spiro atoms. The average Bonchev–Trinajstić information content (AvgIpc) is 3.41. The van der Waals surface area contributed by atoms with Crippen LogP contribution in [0.5, 0.6) is 0 Å². The summed E-state index contributed by atoms with van der Waals surface area (Å²) in [5.41, 5.74) is 2.37. The van der Waals surface area contributed by atoms with Gasteiger partial charge < -0.3 is 0 Å². The van der Waals surface area contributed by atoms with Crippen LogP contribution in [0.15, 0.2) is 30.7 Å². The molecule has 0 aliphatic heterocycles. The number of hydrogen-bond donors (Lipinski definition) is 0. The fourth-order valence-electron chi connectivity index (χ4n) is 6.45. The predicted octanol–water partition coefficient (Wildman–Crippen LogP) is 12.0. The zero-order valence-corrected chi connectivity index (χ0v) is 28.5. The van der Waals surface area contributed by atoms with E-state index in [-0.39, 0.29) is 10.9 Å². The minimum atomic E-state index is 0.0908. The molecule has 0 unspecified atom stereocenters. The van der Waals surface area contributed by atoms with Crippen LogP contribution in [0, 0.1) is 0 Å². The second kappa shape index (κ2) is 18.5. The molecular formula is C36H52Br2O2. The first-order valence-corrected chi connectivity index (χ1v) is 18.1. The van der Waals surface area contributed by atoms with Gasteiger partial charge in [0.15, 0.2) is 0 Å². The van der Waals surface area contributed by atoms with Crippen molar-refractivity contribution in [3.05, 3.63) is 52.7 Å². The molecule has 0 aliphatic rings. The summed E-state index contributed by atoms with van der Waals surface area (Å²) in [6, 6.07) is 3.98. The smallest absolute Gasteiger partial charge is 0.200 e. The summed E-state index contributed by atoms with van der Waals surface area (Å²) in [6.45, 7) is 4.54. The Morgan fingerprint density at radius 3 is 1.02 bits per heavy atom. The molecule has 40 heavy (non-hydrogen) atoms. The maximum atomic E-state index is 13.3. The SMILES string of the molecule is CCCCCCCCCCCCc1c2cc(Br)c(=O)c2c(CCCCCCCCCCCC)c2cc(Br)c(=O)c12. The van der Waals surface area contributed by atoms with Gasteiger partial charge >= 0.3 is 0 Å². The van der Waals surface area contributed by atoms with Gasteiger partial charge in [0.2, 0.25) is 10.9 Å². The van der Waals surface area contributed by atoms with Crippen LogP contribution in [0.2, 0.25) is 0 Å². The lowest BCUT2D eigenvalue weighted by Gasteiger charge is -2.12. The average molecular weight is 677 g/mol. The monoisotopic (exact) mass is 674 g/mol. The maximum Gasteiger partial charge on any atom is 0.200 e. The van der Waals surface area contributed by atoms with E-state index in [0.29, 0.717) is 8.95 Å². The van der Waals surface area contributed by atoms with Crippen molar-refractivity contribution in [3.8, 4) is 0 Å². The van der Waals surface area contributed by atoms with Gasteiger partial charge in [0.1, 0.15) is 0 Å². The third-order valence-electron chi connectivity index (χ3n) is 8.78. The highest BCUT2D eigenvalue weighted by atomic mass is 79.9. The van der Waals surface area contributed by atoms with E-state index in [1.807, 2.05) is 12.1 Å². The van der Waals surface area contributed by atoms with Crippen molar-refractivity contribution in [2.45, 2.75) is 155 Å². The van der Waals surface area contributed by atoms with Gasteiger partial charge in [-0.3, -0.25) is 9.59 Å². The molecule has 0 heterocycles. The Bertz CT molecular complexity index is 1150. The summed E-state index contributed by atoms with van der Waals surface area (Å²) in [6.07, 6.45) is 27.6. The standard InChI is InChI=1S/C36H52Br2O2/c1-3-5-7-9-11-13-15-17-19-21-23-27-29-25-31(37)36(40)34(29)28(30-26-32(38)35(39)33(27)30)24-22-20-18-16-14-12-10-8-6-4-2/h25-26H,3-24H2,1-2H3. The molecule has 3 rings (SSSR count). The molecule has 0 fully saturated rings. The number of unbranched alkanes of at least 4 members (excludes halogenated alkanes) is 18. The molecule has 0 aliphatic carbocycles. The number of fused-ring (bicyclic) bond motifs is 2. The molecule has 3 aromatic rings. The van der Waals surface area contributed by atoms with Crippen molar-refractivity contribution < 1.29 is 0 Å². The van der Waals surface area contributed by atoms with E-state index in [9.17, 15) is 9.59 Å². The van der Waals surface area contributed by atoms with Crippen LogP contribution in [0.1, 0.15) is 153 Å². The summed E-state index contributed by atoms with van der Waals surface area (Å²) >= 11 is 7.07. The summed E-state index contributed by atoms with van der Waals surface area (Å²) in [5, 5.41) is 3.74. The molecule has 4 heteroatoms. The highest BCUT2D eigenvalue weighted by Crippen LogP contribution is 2.36. The molecule has 3 aromatic carbocycles. The topological polar surface area (TPSA) is 34.1 Å².